The molecule has 2 heterocycles. The Labute approximate surface area is 148 Å². The van der Waals surface area contributed by atoms with E-state index in [-0.39, 0.29) is 12.4 Å². The first-order valence-electron chi connectivity index (χ1n) is 7.65. The molecule has 2 aromatic heterocycles. The maximum atomic E-state index is 11.7. The predicted octanol–water partition coefficient (Wildman–Crippen LogP) is 3.78. The topological polar surface area (TPSA) is 52.8 Å². The highest BCUT2D eigenvalue weighted by Gasteiger charge is 2.11. The molecule has 0 saturated heterocycles. The van der Waals surface area contributed by atoms with Crippen molar-refractivity contribution in [3.05, 3.63) is 64.5 Å². The van der Waals surface area contributed by atoms with Crippen LogP contribution in [0.3, 0.4) is 0 Å². The van der Waals surface area contributed by atoms with Gasteiger partial charge in [0.25, 0.3) is 0 Å². The van der Waals surface area contributed by atoms with Gasteiger partial charge in [-0.3, -0.25) is 9.20 Å². The highest BCUT2D eigenvalue weighted by molar-refractivity contribution is 9.10. The quantitative estimate of drug-likeness (QED) is 0.602. The molecule has 0 spiro atoms. The van der Waals surface area contributed by atoms with Crippen LogP contribution in [0.25, 0.3) is 5.65 Å². The Hall–Kier alpha value is -2.34. The van der Waals surface area contributed by atoms with Crippen LogP contribution in [-0.2, 0) is 22.6 Å². The van der Waals surface area contributed by atoms with Gasteiger partial charge in [0, 0.05) is 16.2 Å². The number of ether oxygens (including phenoxy) is 2. The summed E-state index contributed by atoms with van der Waals surface area (Å²) in [4.78, 5) is 16.1. The van der Waals surface area contributed by atoms with Crippen LogP contribution in [0.4, 0.5) is 0 Å². The zero-order valence-corrected chi connectivity index (χ0v) is 14.8. The molecular weight excluding hydrogens is 372 g/mol. The second kappa shape index (κ2) is 7.49. The number of hydrogen-bond donors (Lipinski definition) is 0. The van der Waals surface area contributed by atoms with Gasteiger partial charge in [0.1, 0.15) is 18.0 Å². The summed E-state index contributed by atoms with van der Waals surface area (Å²) in [6, 6.07) is 11.4. The number of halogens is 1. The third kappa shape index (κ3) is 3.76. The fraction of sp³-hybridized carbons (Fsp3) is 0.222. The summed E-state index contributed by atoms with van der Waals surface area (Å²) in [5.41, 5.74) is 2.60. The summed E-state index contributed by atoms with van der Waals surface area (Å²) in [6.45, 7) is 2.53. The number of esters is 1. The van der Waals surface area contributed by atoms with Crippen LogP contribution < -0.4 is 4.74 Å². The first-order chi connectivity index (χ1) is 11.7. The lowest BCUT2D eigenvalue weighted by Gasteiger charge is -2.11. The Morgan fingerprint density at radius 2 is 2.08 bits per heavy atom. The number of benzene rings is 1. The number of para-hydroxylation sites is 1. The van der Waals surface area contributed by atoms with Gasteiger partial charge in [-0.15, -0.1) is 0 Å². The number of aromatic nitrogens is 2. The van der Waals surface area contributed by atoms with E-state index in [2.05, 4.69) is 20.9 Å². The second-order valence-corrected chi connectivity index (χ2v) is 6.12. The van der Waals surface area contributed by atoms with Crippen molar-refractivity contribution in [1.82, 2.24) is 9.38 Å². The highest BCUT2D eigenvalue weighted by Crippen LogP contribution is 2.21. The van der Waals surface area contributed by atoms with Crippen LogP contribution in [0.2, 0.25) is 0 Å². The number of carbonyl (C=O) groups excluding carboxylic acids is 1. The first kappa shape index (κ1) is 16.5. The molecular formula is C18H17BrN2O3. The Balaban J connectivity index is 1.76. The minimum absolute atomic E-state index is 0.197. The van der Waals surface area contributed by atoms with E-state index in [4.69, 9.17) is 9.47 Å². The van der Waals surface area contributed by atoms with Crippen molar-refractivity contribution in [2.45, 2.75) is 20.0 Å². The predicted molar refractivity (Wildman–Crippen MR) is 94.0 cm³/mol. The van der Waals surface area contributed by atoms with Crippen molar-refractivity contribution in [3.63, 3.8) is 0 Å². The van der Waals surface area contributed by atoms with E-state index in [1.165, 1.54) is 0 Å². The van der Waals surface area contributed by atoms with Crippen molar-refractivity contribution in [3.8, 4) is 5.75 Å². The van der Waals surface area contributed by atoms with Gasteiger partial charge in [0.15, 0.2) is 0 Å². The molecule has 6 heteroatoms. The SMILES string of the molecule is CCOC(=O)Cc1ccccc1OCc1cnc2ccc(Br)cn12. The Kier molecular flexibility index (Phi) is 5.15. The third-order valence-electron chi connectivity index (χ3n) is 3.53. The largest absolute Gasteiger partial charge is 0.487 e. The van der Waals surface area contributed by atoms with Crippen molar-refractivity contribution >= 4 is 27.5 Å². The second-order valence-electron chi connectivity index (χ2n) is 5.20. The number of fused-ring (bicyclic) bond motifs is 1. The molecule has 0 aliphatic carbocycles. The summed E-state index contributed by atoms with van der Waals surface area (Å²) in [6.07, 6.45) is 3.93. The normalized spacial score (nSPS) is 10.8. The summed E-state index contributed by atoms with van der Waals surface area (Å²) < 4.78 is 13.9. The van der Waals surface area contributed by atoms with Gasteiger partial charge < -0.3 is 9.47 Å². The molecule has 1 aromatic carbocycles. The monoisotopic (exact) mass is 388 g/mol. The van der Waals surface area contributed by atoms with Crippen molar-refractivity contribution in [1.29, 1.82) is 0 Å². The fourth-order valence-electron chi connectivity index (χ4n) is 2.42. The molecule has 0 aliphatic heterocycles. The van der Waals surface area contributed by atoms with Crippen LogP contribution in [0.15, 0.2) is 53.3 Å². The Bertz CT molecular complexity index is 860. The van der Waals surface area contributed by atoms with Gasteiger partial charge in [0.2, 0.25) is 0 Å². The van der Waals surface area contributed by atoms with Crippen LogP contribution in [0.1, 0.15) is 18.2 Å². The van der Waals surface area contributed by atoms with Gasteiger partial charge >= 0.3 is 5.97 Å². The molecule has 0 amide bonds. The van der Waals surface area contributed by atoms with Gasteiger partial charge in [0.05, 0.1) is 24.9 Å². The zero-order valence-electron chi connectivity index (χ0n) is 13.2. The summed E-state index contributed by atoms with van der Waals surface area (Å²) in [5, 5.41) is 0. The zero-order chi connectivity index (χ0) is 16.9. The smallest absolute Gasteiger partial charge is 0.310 e. The van der Waals surface area contributed by atoms with E-state index in [9.17, 15) is 4.79 Å². The van der Waals surface area contributed by atoms with Gasteiger partial charge in [-0.2, -0.15) is 0 Å². The van der Waals surface area contributed by atoms with E-state index in [1.807, 2.05) is 47.0 Å². The van der Waals surface area contributed by atoms with Crippen molar-refractivity contribution in [2.75, 3.05) is 6.61 Å². The number of carbonyl (C=O) groups is 1. The van der Waals surface area contributed by atoms with Crippen LogP contribution >= 0.6 is 15.9 Å². The maximum absolute atomic E-state index is 11.7. The number of pyridine rings is 1. The van der Waals surface area contributed by atoms with Crippen molar-refractivity contribution < 1.29 is 14.3 Å². The van der Waals surface area contributed by atoms with Crippen LogP contribution in [0.5, 0.6) is 5.75 Å². The molecule has 0 bridgehead atoms. The molecule has 124 valence electrons. The number of rotatable bonds is 6. The average Bonchev–Trinajstić information content (AvgIpc) is 2.96. The lowest BCUT2D eigenvalue weighted by molar-refractivity contribution is -0.142. The summed E-state index contributed by atoms with van der Waals surface area (Å²) in [5.74, 6) is 0.419. The third-order valence-corrected chi connectivity index (χ3v) is 4.00. The Morgan fingerprint density at radius 3 is 2.92 bits per heavy atom. The van der Waals surface area contributed by atoms with Crippen LogP contribution in [-0.4, -0.2) is 22.0 Å². The molecule has 24 heavy (non-hydrogen) atoms. The minimum Gasteiger partial charge on any atom is -0.487 e. The van der Waals surface area contributed by atoms with E-state index < -0.39 is 0 Å². The van der Waals surface area contributed by atoms with E-state index in [0.717, 1.165) is 21.4 Å². The van der Waals surface area contributed by atoms with Gasteiger partial charge in [-0.1, -0.05) is 18.2 Å². The Morgan fingerprint density at radius 1 is 1.25 bits per heavy atom. The fourth-order valence-corrected chi connectivity index (χ4v) is 2.76. The van der Waals surface area contributed by atoms with E-state index in [1.54, 1.807) is 13.1 Å². The minimum atomic E-state index is -0.257. The number of hydrogen-bond acceptors (Lipinski definition) is 4. The highest BCUT2D eigenvalue weighted by atomic mass is 79.9. The molecule has 0 fully saturated rings. The molecule has 0 aliphatic rings. The number of imidazole rings is 1. The maximum Gasteiger partial charge on any atom is 0.310 e. The van der Waals surface area contributed by atoms with E-state index in [0.29, 0.717) is 19.0 Å². The number of nitrogens with zero attached hydrogens (tertiary/aromatic N) is 2. The molecule has 3 aromatic rings. The average molecular weight is 389 g/mol. The molecule has 3 rings (SSSR count). The van der Waals surface area contributed by atoms with Crippen molar-refractivity contribution in [2.24, 2.45) is 0 Å². The van der Waals surface area contributed by atoms with E-state index >= 15 is 0 Å². The molecule has 0 radical (unpaired) electrons. The lowest BCUT2D eigenvalue weighted by Crippen LogP contribution is -2.09. The lowest BCUT2D eigenvalue weighted by atomic mass is 10.1. The molecule has 0 N–H and O–H groups in total. The van der Waals surface area contributed by atoms with Gasteiger partial charge in [-0.05, 0) is 41.1 Å². The van der Waals surface area contributed by atoms with Crippen LogP contribution in [0, 0.1) is 0 Å². The van der Waals surface area contributed by atoms with Gasteiger partial charge in [-0.25, -0.2) is 4.98 Å². The molecule has 0 saturated carbocycles. The molecule has 5 nitrogen and oxygen atoms in total. The molecule has 0 atom stereocenters. The summed E-state index contributed by atoms with van der Waals surface area (Å²) in [7, 11) is 0. The summed E-state index contributed by atoms with van der Waals surface area (Å²) >= 11 is 3.46. The standard InChI is InChI=1S/C18H17BrN2O3/c1-2-23-18(22)9-13-5-3-4-6-16(13)24-12-15-10-20-17-8-7-14(19)11-21(15)17/h3-8,10-11H,2,9,12H2,1H3. The molecule has 0 unspecified atom stereocenters. The first-order valence-corrected chi connectivity index (χ1v) is 8.44.